The number of hydrogen-bond acceptors (Lipinski definition) is 6. The van der Waals surface area contributed by atoms with Crippen molar-refractivity contribution in [2.45, 2.75) is 19.9 Å². The summed E-state index contributed by atoms with van der Waals surface area (Å²) in [5.74, 6) is -1.24. The molecule has 7 heteroatoms. The number of rotatable bonds is 5. The van der Waals surface area contributed by atoms with Gasteiger partial charge in [-0.25, -0.2) is 0 Å². The molecule has 1 unspecified atom stereocenters. The van der Waals surface area contributed by atoms with Crippen LogP contribution in [0.2, 0.25) is 0 Å². The molecule has 168 valence electrons. The van der Waals surface area contributed by atoms with Gasteiger partial charge in [-0.3, -0.25) is 19.5 Å². The van der Waals surface area contributed by atoms with Crippen LogP contribution in [0.15, 0.2) is 66.5 Å². The maximum Gasteiger partial charge on any atom is 0.300 e. The number of aryl methyl sites for hydroxylation is 2. The lowest BCUT2D eigenvalue weighted by Gasteiger charge is -2.26. The number of nitrogens with zero attached hydrogens (tertiary/aromatic N) is 2. The van der Waals surface area contributed by atoms with Crippen LogP contribution in [-0.4, -0.2) is 36.0 Å². The number of carbonyl (C=O) groups is 2. The fraction of sp³-hybridized carbons (Fsp3) is 0.192. The molecule has 2 aromatic carbocycles. The Labute approximate surface area is 191 Å². The van der Waals surface area contributed by atoms with Gasteiger partial charge in [-0.2, -0.15) is 0 Å². The van der Waals surface area contributed by atoms with E-state index in [1.165, 1.54) is 19.1 Å². The van der Waals surface area contributed by atoms with Gasteiger partial charge < -0.3 is 14.6 Å². The van der Waals surface area contributed by atoms with E-state index in [9.17, 15) is 14.7 Å². The predicted molar refractivity (Wildman–Crippen MR) is 124 cm³/mol. The fourth-order valence-corrected chi connectivity index (χ4v) is 4.27. The number of anilines is 1. The lowest BCUT2D eigenvalue weighted by atomic mass is 9.95. The minimum atomic E-state index is -0.858. The van der Waals surface area contributed by atoms with Gasteiger partial charge in [-0.15, -0.1) is 0 Å². The number of benzene rings is 2. The zero-order valence-electron chi connectivity index (χ0n) is 18.8. The predicted octanol–water partition coefficient (Wildman–Crippen LogP) is 4.34. The van der Waals surface area contributed by atoms with Crippen LogP contribution in [0.3, 0.4) is 0 Å². The number of methoxy groups -OCH3 is 2. The number of pyridine rings is 1. The number of hydrogen-bond donors (Lipinski definition) is 1. The van der Waals surface area contributed by atoms with Crippen LogP contribution < -0.4 is 14.4 Å². The maximum absolute atomic E-state index is 13.4. The molecule has 0 spiro atoms. The number of aliphatic hydroxyl groups is 1. The van der Waals surface area contributed by atoms with Gasteiger partial charge in [0.25, 0.3) is 11.7 Å². The molecule has 1 aliphatic rings. The Kier molecular flexibility index (Phi) is 5.87. The molecule has 1 fully saturated rings. The summed E-state index contributed by atoms with van der Waals surface area (Å²) in [4.78, 5) is 32.1. The van der Waals surface area contributed by atoms with Crippen molar-refractivity contribution in [1.82, 2.24) is 4.98 Å². The summed E-state index contributed by atoms with van der Waals surface area (Å²) in [6, 6.07) is 13.3. The van der Waals surface area contributed by atoms with Gasteiger partial charge in [0.1, 0.15) is 22.8 Å². The van der Waals surface area contributed by atoms with Crippen LogP contribution in [0.4, 0.5) is 5.69 Å². The van der Waals surface area contributed by atoms with E-state index in [0.717, 1.165) is 11.1 Å². The summed E-state index contributed by atoms with van der Waals surface area (Å²) in [7, 11) is 2.92. The average molecular weight is 444 g/mol. The minimum absolute atomic E-state index is 0.0480. The summed E-state index contributed by atoms with van der Waals surface area (Å²) in [5, 5.41) is 11.4. The molecule has 3 aromatic rings. The Morgan fingerprint density at radius 2 is 1.52 bits per heavy atom. The van der Waals surface area contributed by atoms with Gasteiger partial charge in [0, 0.05) is 18.1 Å². The summed E-state index contributed by atoms with van der Waals surface area (Å²) in [6.45, 7) is 3.85. The van der Waals surface area contributed by atoms with E-state index in [2.05, 4.69) is 4.98 Å². The molecule has 2 heterocycles. The van der Waals surface area contributed by atoms with Crippen LogP contribution in [0.1, 0.15) is 28.3 Å². The van der Waals surface area contributed by atoms with Gasteiger partial charge >= 0.3 is 0 Å². The van der Waals surface area contributed by atoms with Crippen molar-refractivity contribution in [1.29, 1.82) is 0 Å². The first kappa shape index (κ1) is 22.1. The highest BCUT2D eigenvalue weighted by molar-refractivity contribution is 6.51. The first-order valence-corrected chi connectivity index (χ1v) is 10.4. The Hall–Kier alpha value is -4.13. The highest BCUT2D eigenvalue weighted by atomic mass is 16.5. The van der Waals surface area contributed by atoms with Crippen molar-refractivity contribution in [3.05, 3.63) is 88.8 Å². The molecule has 0 radical (unpaired) electrons. The number of ether oxygens (including phenoxy) is 2. The highest BCUT2D eigenvalue weighted by Gasteiger charge is 2.47. The topological polar surface area (TPSA) is 89.0 Å². The van der Waals surface area contributed by atoms with Crippen molar-refractivity contribution in [3.8, 4) is 11.5 Å². The van der Waals surface area contributed by atoms with Crippen LogP contribution in [-0.2, 0) is 9.59 Å². The van der Waals surface area contributed by atoms with Crippen molar-refractivity contribution < 1.29 is 24.2 Å². The molecular formula is C26H24N2O5. The minimum Gasteiger partial charge on any atom is -0.506 e. The molecule has 1 aromatic heterocycles. The van der Waals surface area contributed by atoms with E-state index >= 15 is 0 Å². The summed E-state index contributed by atoms with van der Waals surface area (Å²) >= 11 is 0. The van der Waals surface area contributed by atoms with Gasteiger partial charge in [0.15, 0.2) is 0 Å². The van der Waals surface area contributed by atoms with Crippen molar-refractivity contribution >= 4 is 23.1 Å². The third kappa shape index (κ3) is 3.82. The zero-order chi connectivity index (χ0) is 23.7. The Morgan fingerprint density at radius 3 is 2.06 bits per heavy atom. The highest BCUT2D eigenvalue weighted by Crippen LogP contribution is 2.45. The maximum atomic E-state index is 13.4. The molecule has 0 aliphatic carbocycles. The summed E-state index contributed by atoms with van der Waals surface area (Å²) < 4.78 is 10.8. The fourth-order valence-electron chi connectivity index (χ4n) is 4.27. The van der Waals surface area contributed by atoms with Gasteiger partial charge in [0.2, 0.25) is 0 Å². The molecule has 33 heavy (non-hydrogen) atoms. The van der Waals surface area contributed by atoms with Gasteiger partial charge in [0.05, 0.1) is 25.8 Å². The van der Waals surface area contributed by atoms with Crippen LogP contribution in [0.25, 0.3) is 5.76 Å². The Balaban J connectivity index is 2.02. The number of aliphatic hydroxyl groups excluding tert-OH is 1. The molecule has 1 N–H and O–H groups in total. The second kappa shape index (κ2) is 8.78. The second-order valence-electron chi connectivity index (χ2n) is 7.83. The smallest absolute Gasteiger partial charge is 0.300 e. The third-order valence-electron chi connectivity index (χ3n) is 5.62. The lowest BCUT2D eigenvalue weighted by Crippen LogP contribution is -2.29. The molecule has 0 bridgehead atoms. The molecule has 1 amide bonds. The molecule has 1 aliphatic heterocycles. The van der Waals surface area contributed by atoms with Gasteiger partial charge in [-0.1, -0.05) is 12.1 Å². The van der Waals surface area contributed by atoms with Gasteiger partial charge in [-0.05, 0) is 66.9 Å². The van der Waals surface area contributed by atoms with E-state index in [1.807, 2.05) is 32.0 Å². The van der Waals surface area contributed by atoms with E-state index in [-0.39, 0.29) is 16.9 Å². The molecular weight excluding hydrogens is 420 g/mol. The van der Waals surface area contributed by atoms with Crippen molar-refractivity contribution in [3.63, 3.8) is 0 Å². The van der Waals surface area contributed by atoms with E-state index in [0.29, 0.717) is 22.7 Å². The first-order chi connectivity index (χ1) is 15.9. The van der Waals surface area contributed by atoms with E-state index in [4.69, 9.17) is 9.47 Å². The number of amides is 1. The number of carbonyl (C=O) groups excluding carboxylic acids is 2. The molecule has 1 saturated heterocycles. The number of Topliss-reactive ketones (excluding diaryl/α,β-unsaturated/α-hetero) is 1. The molecule has 1 atom stereocenters. The normalized spacial score (nSPS) is 17.3. The Morgan fingerprint density at radius 1 is 0.939 bits per heavy atom. The number of aromatic nitrogens is 1. The number of ketones is 1. The molecule has 4 rings (SSSR count). The summed E-state index contributed by atoms with van der Waals surface area (Å²) in [6.07, 6.45) is 3.17. The lowest BCUT2D eigenvalue weighted by molar-refractivity contribution is -0.132. The van der Waals surface area contributed by atoms with Crippen LogP contribution in [0, 0.1) is 13.8 Å². The average Bonchev–Trinajstić information content (AvgIpc) is 3.08. The largest absolute Gasteiger partial charge is 0.506 e. The standard InChI is InChI=1S/C26H24N2O5/c1-15-12-16(2)14-18(13-15)28-23(17-8-10-27-11-9-17)22(25(30)26(28)31)24(29)21-19(32-3)6-5-7-20(21)33-4/h5-14,23,29H,1-4H3/b24-22+. The molecule has 0 saturated carbocycles. The third-order valence-corrected chi connectivity index (χ3v) is 5.62. The SMILES string of the molecule is COc1cccc(OC)c1/C(O)=C1\C(=O)C(=O)N(c2cc(C)cc(C)c2)C1c1ccncc1. The van der Waals surface area contributed by atoms with Crippen LogP contribution in [0.5, 0.6) is 11.5 Å². The van der Waals surface area contributed by atoms with Crippen molar-refractivity contribution in [2.24, 2.45) is 0 Å². The Bertz CT molecular complexity index is 1220. The van der Waals surface area contributed by atoms with Crippen molar-refractivity contribution in [2.75, 3.05) is 19.1 Å². The monoisotopic (exact) mass is 444 g/mol. The van der Waals surface area contributed by atoms with Crippen LogP contribution >= 0.6 is 0 Å². The van der Waals surface area contributed by atoms with E-state index < -0.39 is 17.7 Å². The van der Waals surface area contributed by atoms with E-state index in [1.54, 1.807) is 42.7 Å². The zero-order valence-corrected chi connectivity index (χ0v) is 18.8. The quantitative estimate of drug-likeness (QED) is 0.358. The molecule has 7 nitrogen and oxygen atoms in total. The summed E-state index contributed by atoms with van der Waals surface area (Å²) in [5.41, 5.74) is 3.27. The first-order valence-electron chi connectivity index (χ1n) is 10.4. The second-order valence-corrected chi connectivity index (χ2v) is 7.83.